The molecule has 5 nitrogen and oxygen atoms in total. The molecule has 1 amide bonds. The van der Waals surface area contributed by atoms with Gasteiger partial charge in [-0.3, -0.25) is 9.78 Å². The van der Waals surface area contributed by atoms with Crippen LogP contribution >= 0.6 is 0 Å². The van der Waals surface area contributed by atoms with E-state index in [1.54, 1.807) is 0 Å². The van der Waals surface area contributed by atoms with Gasteiger partial charge in [0.05, 0.1) is 17.4 Å². The number of pyridine rings is 1. The molecule has 3 heterocycles. The maximum atomic E-state index is 12.9. The fourth-order valence-corrected chi connectivity index (χ4v) is 3.70. The summed E-state index contributed by atoms with van der Waals surface area (Å²) in [7, 11) is 0. The summed E-state index contributed by atoms with van der Waals surface area (Å²) in [5.41, 5.74) is 2.49. The monoisotopic (exact) mass is 331 g/mol. The molecule has 0 bridgehead atoms. The Morgan fingerprint density at radius 2 is 1.96 bits per heavy atom. The van der Waals surface area contributed by atoms with Crippen molar-refractivity contribution in [3.8, 4) is 0 Å². The standard InChI is InChI=1S/C19H29N3O2/c1-15-7-8-18(16(2)20-15)19(23)22-11-6-12-24-17(14-22)13-21-9-4-3-5-10-21/h7-8,17H,3-6,9-14H2,1-2H3/t17-/m1/s1. The summed E-state index contributed by atoms with van der Waals surface area (Å²) in [5, 5.41) is 0. The van der Waals surface area contributed by atoms with Crippen molar-refractivity contribution in [3.05, 3.63) is 29.1 Å². The molecule has 24 heavy (non-hydrogen) atoms. The Labute approximate surface area is 145 Å². The van der Waals surface area contributed by atoms with Crippen molar-refractivity contribution in [1.29, 1.82) is 0 Å². The number of carbonyl (C=O) groups is 1. The van der Waals surface area contributed by atoms with Gasteiger partial charge in [-0.05, 0) is 58.3 Å². The van der Waals surface area contributed by atoms with Gasteiger partial charge in [0.15, 0.2) is 0 Å². The van der Waals surface area contributed by atoms with E-state index in [1.807, 2.05) is 30.9 Å². The third-order valence-electron chi connectivity index (χ3n) is 5.00. The molecule has 2 fully saturated rings. The Kier molecular flexibility index (Phi) is 5.85. The van der Waals surface area contributed by atoms with E-state index in [1.165, 1.54) is 19.3 Å². The number of aromatic nitrogens is 1. The second kappa shape index (κ2) is 8.08. The zero-order valence-electron chi connectivity index (χ0n) is 15.0. The number of aryl methyl sites for hydroxylation is 2. The van der Waals surface area contributed by atoms with Crippen LogP contribution in [0.25, 0.3) is 0 Å². The Morgan fingerprint density at radius 3 is 2.71 bits per heavy atom. The average Bonchev–Trinajstić information content (AvgIpc) is 2.81. The Hall–Kier alpha value is -1.46. The molecule has 0 saturated carbocycles. The van der Waals surface area contributed by atoms with Gasteiger partial charge < -0.3 is 14.5 Å². The first-order valence-electron chi connectivity index (χ1n) is 9.21. The molecule has 3 rings (SSSR count). The lowest BCUT2D eigenvalue weighted by Gasteiger charge is -2.31. The summed E-state index contributed by atoms with van der Waals surface area (Å²) in [6, 6.07) is 3.82. The van der Waals surface area contributed by atoms with Crippen LogP contribution in [0.2, 0.25) is 0 Å². The van der Waals surface area contributed by atoms with Crippen molar-refractivity contribution in [3.63, 3.8) is 0 Å². The van der Waals surface area contributed by atoms with E-state index >= 15 is 0 Å². The SMILES string of the molecule is Cc1ccc(C(=O)N2CCCO[C@H](CN3CCCCC3)C2)c(C)n1. The Bertz CT molecular complexity index is 570. The second-order valence-corrected chi connectivity index (χ2v) is 7.04. The lowest BCUT2D eigenvalue weighted by molar-refractivity contribution is 0.0216. The molecule has 0 unspecified atom stereocenters. The number of hydrogen-bond donors (Lipinski definition) is 0. The van der Waals surface area contributed by atoms with Gasteiger partial charge in [-0.25, -0.2) is 0 Å². The number of amides is 1. The molecule has 132 valence electrons. The van der Waals surface area contributed by atoms with Gasteiger partial charge in [0, 0.05) is 31.9 Å². The Morgan fingerprint density at radius 1 is 1.17 bits per heavy atom. The molecule has 1 atom stereocenters. The van der Waals surface area contributed by atoms with Crippen LogP contribution in [0.5, 0.6) is 0 Å². The van der Waals surface area contributed by atoms with Crippen molar-refractivity contribution >= 4 is 5.91 Å². The summed E-state index contributed by atoms with van der Waals surface area (Å²) in [6.45, 7) is 9.33. The van der Waals surface area contributed by atoms with Crippen molar-refractivity contribution in [2.45, 2.75) is 45.6 Å². The molecule has 0 N–H and O–H groups in total. The van der Waals surface area contributed by atoms with E-state index in [9.17, 15) is 4.79 Å². The van der Waals surface area contributed by atoms with Crippen molar-refractivity contribution in [2.75, 3.05) is 39.3 Å². The number of carbonyl (C=O) groups excluding carboxylic acids is 1. The quantitative estimate of drug-likeness (QED) is 0.853. The highest BCUT2D eigenvalue weighted by molar-refractivity contribution is 5.95. The van der Waals surface area contributed by atoms with Gasteiger partial charge in [-0.15, -0.1) is 0 Å². The van der Waals surface area contributed by atoms with Gasteiger partial charge in [0.1, 0.15) is 0 Å². The predicted molar refractivity (Wildman–Crippen MR) is 94.3 cm³/mol. The largest absolute Gasteiger partial charge is 0.375 e. The molecule has 1 aromatic rings. The van der Waals surface area contributed by atoms with Crippen LogP contribution in [0, 0.1) is 13.8 Å². The molecule has 0 spiro atoms. The second-order valence-electron chi connectivity index (χ2n) is 7.04. The van der Waals surface area contributed by atoms with Crippen molar-refractivity contribution < 1.29 is 9.53 Å². The molecule has 2 aliphatic rings. The van der Waals surface area contributed by atoms with Crippen LogP contribution in [0.4, 0.5) is 0 Å². The zero-order valence-corrected chi connectivity index (χ0v) is 15.0. The first kappa shape index (κ1) is 17.4. The molecule has 0 aromatic carbocycles. The maximum Gasteiger partial charge on any atom is 0.255 e. The van der Waals surface area contributed by atoms with Crippen molar-refractivity contribution in [2.24, 2.45) is 0 Å². The average molecular weight is 331 g/mol. The summed E-state index contributed by atoms with van der Waals surface area (Å²) in [6.07, 6.45) is 4.92. The number of rotatable bonds is 3. The lowest BCUT2D eigenvalue weighted by Crippen LogP contribution is -2.44. The first-order valence-corrected chi connectivity index (χ1v) is 9.21. The fraction of sp³-hybridized carbons (Fsp3) is 0.684. The molecule has 2 aliphatic heterocycles. The van der Waals surface area contributed by atoms with Gasteiger partial charge >= 0.3 is 0 Å². The smallest absolute Gasteiger partial charge is 0.255 e. The van der Waals surface area contributed by atoms with Crippen LogP contribution in [-0.4, -0.2) is 66.1 Å². The van der Waals surface area contributed by atoms with Gasteiger partial charge in [0.2, 0.25) is 0 Å². The Balaban J connectivity index is 1.66. The van der Waals surface area contributed by atoms with E-state index in [2.05, 4.69) is 9.88 Å². The molecule has 0 radical (unpaired) electrons. The number of hydrogen-bond acceptors (Lipinski definition) is 4. The maximum absolute atomic E-state index is 12.9. The topological polar surface area (TPSA) is 45.7 Å². The molecule has 1 aromatic heterocycles. The minimum Gasteiger partial charge on any atom is -0.375 e. The van der Waals surface area contributed by atoms with E-state index < -0.39 is 0 Å². The molecule has 2 saturated heterocycles. The van der Waals surface area contributed by atoms with E-state index in [0.717, 1.165) is 56.2 Å². The number of piperidine rings is 1. The number of likely N-dealkylation sites (tertiary alicyclic amines) is 1. The summed E-state index contributed by atoms with van der Waals surface area (Å²) < 4.78 is 6.02. The first-order chi connectivity index (χ1) is 11.6. The highest BCUT2D eigenvalue weighted by Gasteiger charge is 2.26. The minimum atomic E-state index is 0.0918. The molecular weight excluding hydrogens is 302 g/mol. The zero-order chi connectivity index (χ0) is 16.9. The van der Waals surface area contributed by atoms with Crippen molar-refractivity contribution in [1.82, 2.24) is 14.8 Å². The minimum absolute atomic E-state index is 0.0918. The van der Waals surface area contributed by atoms with Crippen LogP contribution in [0.3, 0.4) is 0 Å². The molecule has 5 heteroatoms. The van der Waals surface area contributed by atoms with Crippen LogP contribution < -0.4 is 0 Å². The van der Waals surface area contributed by atoms with E-state index in [0.29, 0.717) is 6.54 Å². The fourth-order valence-electron chi connectivity index (χ4n) is 3.70. The van der Waals surface area contributed by atoms with Crippen LogP contribution in [0.15, 0.2) is 12.1 Å². The lowest BCUT2D eigenvalue weighted by atomic mass is 10.1. The highest BCUT2D eigenvalue weighted by Crippen LogP contribution is 2.16. The summed E-state index contributed by atoms with van der Waals surface area (Å²) in [4.78, 5) is 21.8. The third kappa shape index (κ3) is 4.33. The molecule has 0 aliphatic carbocycles. The van der Waals surface area contributed by atoms with E-state index in [-0.39, 0.29) is 12.0 Å². The number of ether oxygens (including phenoxy) is 1. The van der Waals surface area contributed by atoms with Gasteiger partial charge in [-0.2, -0.15) is 0 Å². The summed E-state index contributed by atoms with van der Waals surface area (Å²) in [5.74, 6) is 0.0918. The number of nitrogens with zero attached hydrogens (tertiary/aromatic N) is 3. The normalized spacial score (nSPS) is 23.1. The highest BCUT2D eigenvalue weighted by atomic mass is 16.5. The molecular formula is C19H29N3O2. The van der Waals surface area contributed by atoms with E-state index in [4.69, 9.17) is 4.74 Å². The van der Waals surface area contributed by atoms with Gasteiger partial charge in [-0.1, -0.05) is 6.42 Å². The third-order valence-corrected chi connectivity index (χ3v) is 5.00. The van der Waals surface area contributed by atoms with Crippen LogP contribution in [-0.2, 0) is 4.74 Å². The summed E-state index contributed by atoms with van der Waals surface area (Å²) >= 11 is 0. The van der Waals surface area contributed by atoms with Gasteiger partial charge in [0.25, 0.3) is 5.91 Å². The van der Waals surface area contributed by atoms with Crippen LogP contribution in [0.1, 0.15) is 47.4 Å². The predicted octanol–water partition coefficient (Wildman–Crippen LogP) is 2.42.